The van der Waals surface area contributed by atoms with E-state index in [0.29, 0.717) is 34.5 Å². The Labute approximate surface area is 201 Å². The van der Waals surface area contributed by atoms with E-state index in [1.807, 2.05) is 0 Å². The van der Waals surface area contributed by atoms with Crippen molar-refractivity contribution >= 4 is 33.1 Å². The van der Waals surface area contributed by atoms with Crippen LogP contribution in [-0.2, 0) is 10.0 Å². The van der Waals surface area contributed by atoms with Crippen molar-refractivity contribution in [2.24, 2.45) is 0 Å². The van der Waals surface area contributed by atoms with Gasteiger partial charge in [0.15, 0.2) is 17.3 Å². The fraction of sp³-hybridized carbons (Fsp3) is 0.250. The number of amides is 1. The lowest BCUT2D eigenvalue weighted by Crippen LogP contribution is -2.50. The molecule has 0 aliphatic carbocycles. The number of hydrogen-bond donors (Lipinski definition) is 0. The lowest BCUT2D eigenvalue weighted by atomic mass is 9.97. The largest absolute Gasteiger partial charge is 0.486 e. The smallest absolute Gasteiger partial charge is 0.254 e. The Morgan fingerprint density at radius 3 is 2.24 bits per heavy atom. The number of nitrogens with zero attached hydrogens (tertiary/aromatic N) is 2. The van der Waals surface area contributed by atoms with Crippen LogP contribution in [0.15, 0.2) is 64.2 Å². The maximum atomic E-state index is 13.3. The summed E-state index contributed by atoms with van der Waals surface area (Å²) in [4.78, 5) is 28.2. The van der Waals surface area contributed by atoms with Gasteiger partial charge in [-0.05, 0) is 35.7 Å². The number of thiophene rings is 1. The first-order chi connectivity index (χ1) is 16.4. The van der Waals surface area contributed by atoms with E-state index in [1.54, 1.807) is 64.9 Å². The number of ether oxygens (including phenoxy) is 2. The molecule has 0 N–H and O–H groups in total. The molecule has 1 aromatic heterocycles. The Morgan fingerprint density at radius 1 is 0.824 bits per heavy atom. The number of piperazine rings is 1. The van der Waals surface area contributed by atoms with Crippen molar-refractivity contribution in [2.45, 2.75) is 4.21 Å². The van der Waals surface area contributed by atoms with Crippen LogP contribution in [0.1, 0.15) is 26.3 Å². The predicted octanol–water partition coefficient (Wildman–Crippen LogP) is 2.90. The number of sulfonamides is 1. The van der Waals surface area contributed by atoms with Gasteiger partial charge in [-0.25, -0.2) is 8.42 Å². The van der Waals surface area contributed by atoms with Crippen LogP contribution in [0.5, 0.6) is 11.5 Å². The van der Waals surface area contributed by atoms with Crippen molar-refractivity contribution in [1.82, 2.24) is 9.21 Å². The lowest BCUT2D eigenvalue weighted by molar-refractivity contribution is 0.0694. The van der Waals surface area contributed by atoms with Crippen molar-refractivity contribution in [3.63, 3.8) is 0 Å². The minimum absolute atomic E-state index is 0.199. The molecule has 0 unspecified atom stereocenters. The molecule has 2 aliphatic rings. The Balaban J connectivity index is 1.34. The van der Waals surface area contributed by atoms with Gasteiger partial charge in [-0.3, -0.25) is 9.59 Å². The molecular weight excluding hydrogens is 476 g/mol. The third kappa shape index (κ3) is 4.20. The van der Waals surface area contributed by atoms with Crippen LogP contribution >= 0.6 is 11.3 Å². The first-order valence-electron chi connectivity index (χ1n) is 10.8. The average molecular weight is 499 g/mol. The molecule has 0 radical (unpaired) electrons. The molecule has 3 aromatic rings. The normalized spacial score (nSPS) is 16.3. The highest BCUT2D eigenvalue weighted by molar-refractivity contribution is 7.91. The van der Waals surface area contributed by atoms with E-state index in [2.05, 4.69) is 0 Å². The van der Waals surface area contributed by atoms with Gasteiger partial charge in [0.25, 0.3) is 15.9 Å². The molecule has 3 heterocycles. The quantitative estimate of drug-likeness (QED) is 0.502. The van der Waals surface area contributed by atoms with Crippen molar-refractivity contribution in [1.29, 1.82) is 0 Å². The third-order valence-corrected chi connectivity index (χ3v) is 9.09. The van der Waals surface area contributed by atoms with Crippen molar-refractivity contribution in [3.05, 3.63) is 76.7 Å². The minimum Gasteiger partial charge on any atom is -0.486 e. The summed E-state index contributed by atoms with van der Waals surface area (Å²) in [5, 5.41) is 1.72. The van der Waals surface area contributed by atoms with Crippen LogP contribution < -0.4 is 9.47 Å². The number of fused-ring (bicyclic) bond motifs is 1. The van der Waals surface area contributed by atoms with E-state index in [9.17, 15) is 18.0 Å². The number of hydrogen-bond acceptors (Lipinski definition) is 7. The fourth-order valence-corrected chi connectivity index (χ4v) is 6.61. The highest BCUT2D eigenvalue weighted by Gasteiger charge is 2.32. The molecule has 0 atom stereocenters. The fourth-order valence-electron chi connectivity index (χ4n) is 4.05. The van der Waals surface area contributed by atoms with E-state index in [1.165, 1.54) is 15.6 Å². The van der Waals surface area contributed by atoms with Crippen LogP contribution in [-0.4, -0.2) is 68.7 Å². The first kappa shape index (κ1) is 22.6. The zero-order valence-electron chi connectivity index (χ0n) is 18.2. The number of carbonyl (C=O) groups excluding carboxylic acids is 2. The van der Waals surface area contributed by atoms with Crippen molar-refractivity contribution < 1.29 is 27.5 Å². The van der Waals surface area contributed by atoms with E-state index in [0.717, 1.165) is 0 Å². The van der Waals surface area contributed by atoms with Crippen molar-refractivity contribution in [3.8, 4) is 11.5 Å². The minimum atomic E-state index is -3.56. The topological polar surface area (TPSA) is 93.2 Å². The standard InChI is InChI=1S/C24H22N2O6S2/c27-23(17-7-8-20-21(16-17)32-14-13-31-20)18-4-1-2-5-19(18)24(28)25-9-11-26(12-10-25)34(29,30)22-6-3-15-33-22/h1-8,15-16H,9-14H2. The van der Waals surface area contributed by atoms with E-state index >= 15 is 0 Å². The second-order valence-corrected chi connectivity index (χ2v) is 11.0. The summed E-state index contributed by atoms with van der Waals surface area (Å²) in [6.07, 6.45) is 0. The molecule has 0 bridgehead atoms. The zero-order valence-corrected chi connectivity index (χ0v) is 19.8. The molecular formula is C24H22N2O6S2. The molecule has 1 fully saturated rings. The molecule has 10 heteroatoms. The average Bonchev–Trinajstić information content (AvgIpc) is 3.44. The maximum absolute atomic E-state index is 13.3. The predicted molar refractivity (Wildman–Crippen MR) is 126 cm³/mol. The van der Waals surface area contributed by atoms with Crippen molar-refractivity contribution in [2.75, 3.05) is 39.4 Å². The van der Waals surface area contributed by atoms with Gasteiger partial charge in [0.2, 0.25) is 0 Å². The Kier molecular flexibility index (Phi) is 6.11. The van der Waals surface area contributed by atoms with Gasteiger partial charge in [0.05, 0.1) is 5.56 Å². The van der Waals surface area contributed by atoms with Gasteiger partial charge in [0, 0.05) is 37.3 Å². The zero-order chi connectivity index (χ0) is 23.7. The van der Waals surface area contributed by atoms with Crippen LogP contribution in [0.25, 0.3) is 0 Å². The molecule has 1 saturated heterocycles. The number of benzene rings is 2. The van der Waals surface area contributed by atoms with Gasteiger partial charge < -0.3 is 14.4 Å². The van der Waals surface area contributed by atoms with Crippen LogP contribution in [0.2, 0.25) is 0 Å². The van der Waals surface area contributed by atoms with Gasteiger partial charge in [-0.1, -0.05) is 24.3 Å². The van der Waals surface area contributed by atoms with Gasteiger partial charge >= 0.3 is 0 Å². The van der Waals surface area contributed by atoms with Gasteiger partial charge in [-0.15, -0.1) is 11.3 Å². The Morgan fingerprint density at radius 2 is 1.53 bits per heavy atom. The van der Waals surface area contributed by atoms with E-state index in [-0.39, 0.29) is 49.0 Å². The summed E-state index contributed by atoms with van der Waals surface area (Å²) in [7, 11) is -3.56. The van der Waals surface area contributed by atoms with Gasteiger partial charge in [-0.2, -0.15) is 4.31 Å². The van der Waals surface area contributed by atoms with E-state index < -0.39 is 10.0 Å². The molecule has 5 rings (SSSR count). The number of rotatable bonds is 5. The molecule has 8 nitrogen and oxygen atoms in total. The monoisotopic (exact) mass is 498 g/mol. The summed E-state index contributed by atoms with van der Waals surface area (Å²) >= 11 is 1.17. The molecule has 2 aliphatic heterocycles. The summed E-state index contributed by atoms with van der Waals surface area (Å²) in [6, 6.07) is 15.0. The van der Waals surface area contributed by atoms with Gasteiger partial charge in [0.1, 0.15) is 17.4 Å². The molecule has 0 spiro atoms. The van der Waals surface area contributed by atoms with Crippen LogP contribution in [0.3, 0.4) is 0 Å². The molecule has 0 saturated carbocycles. The van der Waals surface area contributed by atoms with E-state index in [4.69, 9.17) is 9.47 Å². The summed E-state index contributed by atoms with van der Waals surface area (Å²) in [5.74, 6) is 0.501. The van der Waals surface area contributed by atoms with Crippen LogP contribution in [0, 0.1) is 0 Å². The second-order valence-electron chi connectivity index (χ2n) is 7.86. The third-order valence-electron chi connectivity index (χ3n) is 5.82. The second kappa shape index (κ2) is 9.21. The Bertz CT molecular complexity index is 1330. The van der Waals surface area contributed by atoms with Crippen LogP contribution in [0.4, 0.5) is 0 Å². The molecule has 2 aromatic carbocycles. The lowest BCUT2D eigenvalue weighted by Gasteiger charge is -2.34. The Hall–Kier alpha value is -3.21. The molecule has 1 amide bonds. The highest BCUT2D eigenvalue weighted by Crippen LogP contribution is 2.32. The summed E-state index contributed by atoms with van der Waals surface area (Å²) in [5.41, 5.74) is 0.978. The number of carbonyl (C=O) groups is 2. The first-order valence-corrected chi connectivity index (χ1v) is 13.1. The highest BCUT2D eigenvalue weighted by atomic mass is 32.2. The summed E-state index contributed by atoms with van der Waals surface area (Å²) in [6.45, 7) is 1.76. The maximum Gasteiger partial charge on any atom is 0.254 e. The molecule has 176 valence electrons. The number of ketones is 1. The SMILES string of the molecule is O=C(c1ccc2c(c1)OCCO2)c1ccccc1C(=O)N1CCN(S(=O)(=O)c2cccs2)CC1. The molecule has 34 heavy (non-hydrogen) atoms. The summed E-state index contributed by atoms with van der Waals surface area (Å²) < 4.78 is 38.3.